The van der Waals surface area contributed by atoms with Crippen LogP contribution in [0.4, 0.5) is 0 Å². The maximum atomic E-state index is 11.0. The Morgan fingerprint density at radius 2 is 2.00 bits per heavy atom. The third-order valence-corrected chi connectivity index (χ3v) is 2.24. The Kier molecular flexibility index (Phi) is 5.12. The van der Waals surface area contributed by atoms with Gasteiger partial charge in [-0.2, -0.15) is 0 Å². The standard InChI is InChI=1S/C12H13BrO2/c1-10(14)11-4-6-12(7-5-11)15-9-3-2-8-13/h2-7H,8-9H2,1H3/b3-2+. The molecule has 0 aliphatic rings. The summed E-state index contributed by atoms with van der Waals surface area (Å²) in [4.78, 5) is 11.0. The third kappa shape index (κ3) is 4.30. The Balaban J connectivity index is 2.50. The highest BCUT2D eigenvalue weighted by molar-refractivity contribution is 9.09. The van der Waals surface area contributed by atoms with Crippen LogP contribution in [0.15, 0.2) is 36.4 Å². The van der Waals surface area contributed by atoms with Crippen LogP contribution in [-0.4, -0.2) is 17.7 Å². The molecule has 0 N–H and O–H groups in total. The van der Waals surface area contributed by atoms with Crippen molar-refractivity contribution in [1.29, 1.82) is 0 Å². The lowest BCUT2D eigenvalue weighted by atomic mass is 10.1. The van der Waals surface area contributed by atoms with Gasteiger partial charge in [0.05, 0.1) is 0 Å². The molecule has 0 bridgehead atoms. The summed E-state index contributed by atoms with van der Waals surface area (Å²) in [7, 11) is 0. The van der Waals surface area contributed by atoms with E-state index in [1.807, 2.05) is 12.2 Å². The number of benzene rings is 1. The van der Waals surface area contributed by atoms with Gasteiger partial charge in [0.25, 0.3) is 0 Å². The minimum absolute atomic E-state index is 0.0701. The molecule has 0 unspecified atom stereocenters. The van der Waals surface area contributed by atoms with Crippen LogP contribution < -0.4 is 4.74 Å². The average Bonchev–Trinajstić information content (AvgIpc) is 2.25. The van der Waals surface area contributed by atoms with Crippen molar-refractivity contribution in [3.63, 3.8) is 0 Å². The first-order valence-corrected chi connectivity index (χ1v) is 5.81. The van der Waals surface area contributed by atoms with Crippen LogP contribution in [-0.2, 0) is 0 Å². The second-order valence-corrected chi connectivity index (χ2v) is 3.66. The van der Waals surface area contributed by atoms with Crippen LogP contribution in [0.25, 0.3) is 0 Å². The van der Waals surface area contributed by atoms with E-state index in [9.17, 15) is 4.79 Å². The maximum absolute atomic E-state index is 11.0. The number of allylic oxidation sites excluding steroid dienone is 1. The molecule has 1 aromatic carbocycles. The quantitative estimate of drug-likeness (QED) is 0.466. The van der Waals surface area contributed by atoms with E-state index in [0.717, 1.165) is 11.1 Å². The molecule has 0 aromatic heterocycles. The number of ether oxygens (including phenoxy) is 1. The third-order valence-electron chi connectivity index (χ3n) is 1.86. The first-order chi connectivity index (χ1) is 7.24. The number of carbonyl (C=O) groups excluding carboxylic acids is 1. The van der Waals surface area contributed by atoms with E-state index in [4.69, 9.17) is 4.74 Å². The molecule has 0 saturated heterocycles. The molecule has 0 heterocycles. The average molecular weight is 269 g/mol. The first-order valence-electron chi connectivity index (χ1n) is 4.69. The molecule has 0 spiro atoms. The van der Waals surface area contributed by atoms with Crippen molar-refractivity contribution in [3.05, 3.63) is 42.0 Å². The SMILES string of the molecule is CC(=O)c1ccc(OC/C=C/CBr)cc1. The highest BCUT2D eigenvalue weighted by atomic mass is 79.9. The normalized spacial score (nSPS) is 10.5. The molecule has 2 nitrogen and oxygen atoms in total. The Morgan fingerprint density at radius 1 is 1.33 bits per heavy atom. The molecular formula is C12H13BrO2. The summed E-state index contributed by atoms with van der Waals surface area (Å²) in [6.45, 7) is 2.10. The van der Waals surface area contributed by atoms with E-state index in [2.05, 4.69) is 15.9 Å². The smallest absolute Gasteiger partial charge is 0.159 e. The summed E-state index contributed by atoms with van der Waals surface area (Å²) in [5.41, 5.74) is 0.707. The van der Waals surface area contributed by atoms with Gasteiger partial charge in [-0.15, -0.1) is 0 Å². The lowest BCUT2D eigenvalue weighted by molar-refractivity contribution is 0.101. The highest BCUT2D eigenvalue weighted by Gasteiger charge is 1.98. The van der Waals surface area contributed by atoms with Gasteiger partial charge >= 0.3 is 0 Å². The molecule has 0 atom stereocenters. The van der Waals surface area contributed by atoms with Crippen LogP contribution in [0.3, 0.4) is 0 Å². The van der Waals surface area contributed by atoms with Gasteiger partial charge in [-0.3, -0.25) is 4.79 Å². The minimum Gasteiger partial charge on any atom is -0.490 e. The number of hydrogen-bond donors (Lipinski definition) is 0. The summed E-state index contributed by atoms with van der Waals surface area (Å²) < 4.78 is 5.42. The zero-order valence-electron chi connectivity index (χ0n) is 8.57. The molecule has 0 radical (unpaired) electrons. The fourth-order valence-corrected chi connectivity index (χ4v) is 1.33. The molecule has 0 aliphatic heterocycles. The number of alkyl halides is 1. The topological polar surface area (TPSA) is 26.3 Å². The van der Waals surface area contributed by atoms with Crippen molar-refractivity contribution in [2.45, 2.75) is 6.92 Å². The van der Waals surface area contributed by atoms with Crippen molar-refractivity contribution in [3.8, 4) is 5.75 Å². The number of hydrogen-bond acceptors (Lipinski definition) is 2. The van der Waals surface area contributed by atoms with Crippen LogP contribution in [0, 0.1) is 0 Å². The van der Waals surface area contributed by atoms with Crippen molar-refractivity contribution in [1.82, 2.24) is 0 Å². The Labute approximate surface area is 98.1 Å². The van der Waals surface area contributed by atoms with Gasteiger partial charge in [-0.05, 0) is 31.2 Å². The minimum atomic E-state index is 0.0701. The molecule has 15 heavy (non-hydrogen) atoms. The largest absolute Gasteiger partial charge is 0.490 e. The van der Waals surface area contributed by atoms with Crippen LogP contribution in [0.5, 0.6) is 5.75 Å². The van der Waals surface area contributed by atoms with Gasteiger partial charge in [0.2, 0.25) is 0 Å². The van der Waals surface area contributed by atoms with E-state index in [0.29, 0.717) is 12.2 Å². The molecule has 1 aromatic rings. The van der Waals surface area contributed by atoms with Gasteiger partial charge in [0.15, 0.2) is 5.78 Å². The molecule has 3 heteroatoms. The van der Waals surface area contributed by atoms with Gasteiger partial charge in [0.1, 0.15) is 12.4 Å². The summed E-state index contributed by atoms with van der Waals surface area (Å²) >= 11 is 3.28. The maximum Gasteiger partial charge on any atom is 0.159 e. The molecular weight excluding hydrogens is 256 g/mol. The summed E-state index contributed by atoms with van der Waals surface area (Å²) in [5.74, 6) is 0.847. The van der Waals surface area contributed by atoms with E-state index in [1.165, 1.54) is 0 Å². The predicted molar refractivity (Wildman–Crippen MR) is 64.9 cm³/mol. The van der Waals surface area contributed by atoms with Crippen LogP contribution in [0.1, 0.15) is 17.3 Å². The van der Waals surface area contributed by atoms with Gasteiger partial charge in [-0.25, -0.2) is 0 Å². The summed E-state index contributed by atoms with van der Waals surface area (Å²) in [5, 5.41) is 0.833. The monoisotopic (exact) mass is 268 g/mol. The lowest BCUT2D eigenvalue weighted by Gasteiger charge is -2.03. The van der Waals surface area contributed by atoms with Crippen molar-refractivity contribution >= 4 is 21.7 Å². The number of ketones is 1. The van der Waals surface area contributed by atoms with Crippen molar-refractivity contribution in [2.75, 3.05) is 11.9 Å². The van der Waals surface area contributed by atoms with E-state index < -0.39 is 0 Å². The molecule has 0 fully saturated rings. The van der Waals surface area contributed by atoms with Crippen molar-refractivity contribution < 1.29 is 9.53 Å². The molecule has 0 aliphatic carbocycles. The fraction of sp³-hybridized carbons (Fsp3) is 0.250. The van der Waals surface area contributed by atoms with E-state index in [-0.39, 0.29) is 5.78 Å². The molecule has 0 amide bonds. The van der Waals surface area contributed by atoms with Gasteiger partial charge in [-0.1, -0.05) is 28.1 Å². The molecule has 1 rings (SSSR count). The zero-order chi connectivity index (χ0) is 11.1. The van der Waals surface area contributed by atoms with Crippen LogP contribution in [0.2, 0.25) is 0 Å². The van der Waals surface area contributed by atoms with E-state index >= 15 is 0 Å². The van der Waals surface area contributed by atoms with E-state index in [1.54, 1.807) is 31.2 Å². The Morgan fingerprint density at radius 3 is 2.53 bits per heavy atom. The summed E-state index contributed by atoms with van der Waals surface area (Å²) in [6.07, 6.45) is 3.91. The first kappa shape index (κ1) is 12.0. The molecule has 0 saturated carbocycles. The summed E-state index contributed by atoms with van der Waals surface area (Å²) in [6, 6.07) is 7.15. The van der Waals surface area contributed by atoms with Crippen molar-refractivity contribution in [2.24, 2.45) is 0 Å². The number of Topliss-reactive ketones (excluding diaryl/α,β-unsaturated/α-hetero) is 1. The highest BCUT2D eigenvalue weighted by Crippen LogP contribution is 2.12. The van der Waals surface area contributed by atoms with Gasteiger partial charge < -0.3 is 4.74 Å². The van der Waals surface area contributed by atoms with Crippen LogP contribution >= 0.6 is 15.9 Å². The lowest BCUT2D eigenvalue weighted by Crippen LogP contribution is -1.95. The Bertz CT molecular complexity index is 341. The number of halogens is 1. The molecule has 80 valence electrons. The second-order valence-electron chi connectivity index (χ2n) is 3.02. The second kappa shape index (κ2) is 6.40. The fourth-order valence-electron chi connectivity index (χ4n) is 1.06. The van der Waals surface area contributed by atoms with Gasteiger partial charge in [0, 0.05) is 10.9 Å². The zero-order valence-corrected chi connectivity index (χ0v) is 10.2. The predicted octanol–water partition coefficient (Wildman–Crippen LogP) is 3.22. The number of carbonyl (C=O) groups is 1. The number of rotatable bonds is 5. The Hall–Kier alpha value is -1.09.